The van der Waals surface area contributed by atoms with Crippen LogP contribution in [-0.4, -0.2) is 42.1 Å². The van der Waals surface area contributed by atoms with Gasteiger partial charge in [0.25, 0.3) is 0 Å². The third kappa shape index (κ3) is 4.09. The number of rotatable bonds is 5. The molecule has 6 nitrogen and oxygen atoms in total. The number of esters is 1. The number of carbonyl (C=O) groups is 1. The van der Waals surface area contributed by atoms with Gasteiger partial charge in [0.05, 0.1) is 32.3 Å². The average Bonchev–Trinajstić information content (AvgIpc) is 2.70. The van der Waals surface area contributed by atoms with Crippen molar-refractivity contribution in [1.82, 2.24) is 0 Å². The molecule has 1 aromatic rings. The molecule has 0 fully saturated rings. The van der Waals surface area contributed by atoms with Crippen molar-refractivity contribution in [3.05, 3.63) is 23.8 Å². The molecule has 0 saturated heterocycles. The highest BCUT2D eigenvalue weighted by molar-refractivity contribution is 5.70. The predicted octanol–water partition coefficient (Wildman–Crippen LogP) is 1.20. The molecule has 0 saturated carbocycles. The standard InChI is InChI=1S/C15H20O6/c1-2-19-14(17)9-11(16)15(18)10-4-5-12-13(8-10)21-7-3-6-20-12/h4-5,8,11,15-16,18H,2-3,6-7,9H2,1H3. The van der Waals surface area contributed by atoms with E-state index in [2.05, 4.69) is 0 Å². The van der Waals surface area contributed by atoms with Gasteiger partial charge in [-0.25, -0.2) is 0 Å². The molecule has 2 atom stereocenters. The Hall–Kier alpha value is -1.79. The first-order valence-corrected chi connectivity index (χ1v) is 7.03. The minimum Gasteiger partial charge on any atom is -0.490 e. The van der Waals surface area contributed by atoms with E-state index < -0.39 is 18.2 Å². The van der Waals surface area contributed by atoms with E-state index in [-0.39, 0.29) is 13.0 Å². The van der Waals surface area contributed by atoms with Crippen molar-refractivity contribution in [2.75, 3.05) is 19.8 Å². The molecule has 0 spiro atoms. The second-order valence-electron chi connectivity index (χ2n) is 4.78. The van der Waals surface area contributed by atoms with E-state index in [1.807, 2.05) is 0 Å². The molecule has 1 aliphatic rings. The zero-order valence-electron chi connectivity index (χ0n) is 11.9. The normalized spacial score (nSPS) is 16.7. The molecule has 21 heavy (non-hydrogen) atoms. The number of ether oxygens (including phenoxy) is 3. The molecular weight excluding hydrogens is 276 g/mol. The van der Waals surface area contributed by atoms with Crippen LogP contribution >= 0.6 is 0 Å². The van der Waals surface area contributed by atoms with Crippen LogP contribution in [0.25, 0.3) is 0 Å². The second kappa shape index (κ2) is 7.28. The van der Waals surface area contributed by atoms with Crippen LogP contribution in [0.15, 0.2) is 18.2 Å². The summed E-state index contributed by atoms with van der Waals surface area (Å²) in [6.07, 6.45) is -1.89. The number of carbonyl (C=O) groups excluding carboxylic acids is 1. The van der Waals surface area contributed by atoms with Gasteiger partial charge in [-0.2, -0.15) is 0 Å². The molecule has 2 unspecified atom stereocenters. The summed E-state index contributed by atoms with van der Waals surface area (Å²) >= 11 is 0. The molecule has 1 aromatic carbocycles. The van der Waals surface area contributed by atoms with Gasteiger partial charge in [0, 0.05) is 6.42 Å². The second-order valence-corrected chi connectivity index (χ2v) is 4.78. The van der Waals surface area contributed by atoms with Crippen molar-refractivity contribution >= 4 is 5.97 Å². The van der Waals surface area contributed by atoms with Gasteiger partial charge in [-0.3, -0.25) is 4.79 Å². The van der Waals surface area contributed by atoms with Crippen molar-refractivity contribution in [2.45, 2.75) is 32.0 Å². The van der Waals surface area contributed by atoms with Gasteiger partial charge >= 0.3 is 5.97 Å². The molecule has 0 radical (unpaired) electrons. The van der Waals surface area contributed by atoms with Gasteiger partial charge in [-0.15, -0.1) is 0 Å². The lowest BCUT2D eigenvalue weighted by Gasteiger charge is -2.18. The number of aliphatic hydroxyl groups excluding tert-OH is 2. The predicted molar refractivity (Wildman–Crippen MR) is 74.3 cm³/mol. The van der Waals surface area contributed by atoms with Crippen LogP contribution in [0.2, 0.25) is 0 Å². The molecule has 116 valence electrons. The molecule has 0 aliphatic carbocycles. The Morgan fingerprint density at radius 2 is 2.00 bits per heavy atom. The van der Waals surface area contributed by atoms with Crippen LogP contribution in [0.5, 0.6) is 11.5 Å². The number of fused-ring (bicyclic) bond motifs is 1. The first-order valence-electron chi connectivity index (χ1n) is 7.03. The van der Waals surface area contributed by atoms with Gasteiger partial charge < -0.3 is 24.4 Å². The van der Waals surface area contributed by atoms with Crippen LogP contribution in [0.3, 0.4) is 0 Å². The Bertz CT molecular complexity index is 487. The Kier molecular flexibility index (Phi) is 5.41. The molecule has 2 rings (SSSR count). The van der Waals surface area contributed by atoms with Crippen molar-refractivity contribution < 1.29 is 29.2 Å². The van der Waals surface area contributed by atoms with E-state index in [0.717, 1.165) is 6.42 Å². The lowest BCUT2D eigenvalue weighted by Crippen LogP contribution is -2.23. The third-order valence-electron chi connectivity index (χ3n) is 3.16. The maximum absolute atomic E-state index is 11.3. The Balaban J connectivity index is 2.06. The Labute approximate surface area is 123 Å². The minimum atomic E-state index is -1.23. The number of hydrogen-bond acceptors (Lipinski definition) is 6. The molecule has 6 heteroatoms. The van der Waals surface area contributed by atoms with Gasteiger partial charge in [0.15, 0.2) is 11.5 Å². The number of aliphatic hydroxyl groups is 2. The maximum atomic E-state index is 11.3. The average molecular weight is 296 g/mol. The van der Waals surface area contributed by atoms with Crippen LogP contribution in [0.1, 0.15) is 31.4 Å². The lowest BCUT2D eigenvalue weighted by atomic mass is 10.0. The van der Waals surface area contributed by atoms with Gasteiger partial charge in [0.1, 0.15) is 6.10 Å². The first kappa shape index (κ1) is 15.6. The SMILES string of the molecule is CCOC(=O)CC(O)C(O)c1ccc2c(c1)OCCCO2. The van der Waals surface area contributed by atoms with Gasteiger partial charge in [-0.1, -0.05) is 6.07 Å². The topological polar surface area (TPSA) is 85.2 Å². The zero-order valence-corrected chi connectivity index (χ0v) is 11.9. The van der Waals surface area contributed by atoms with E-state index in [0.29, 0.717) is 30.3 Å². The molecule has 1 heterocycles. The highest BCUT2D eigenvalue weighted by Crippen LogP contribution is 2.33. The fourth-order valence-corrected chi connectivity index (χ4v) is 2.09. The van der Waals surface area contributed by atoms with Crippen molar-refractivity contribution in [2.24, 2.45) is 0 Å². The quantitative estimate of drug-likeness (QED) is 0.794. The summed E-state index contributed by atoms with van der Waals surface area (Å²) in [7, 11) is 0. The van der Waals surface area contributed by atoms with E-state index in [1.165, 1.54) is 0 Å². The number of hydrogen-bond donors (Lipinski definition) is 2. The summed E-state index contributed by atoms with van der Waals surface area (Å²) in [5.74, 6) is 0.606. The minimum absolute atomic E-state index is 0.242. The van der Waals surface area contributed by atoms with Crippen LogP contribution < -0.4 is 9.47 Å². The van der Waals surface area contributed by atoms with E-state index in [1.54, 1.807) is 25.1 Å². The van der Waals surface area contributed by atoms with E-state index in [9.17, 15) is 15.0 Å². The third-order valence-corrected chi connectivity index (χ3v) is 3.16. The molecule has 0 aromatic heterocycles. The van der Waals surface area contributed by atoms with Crippen LogP contribution in [0, 0.1) is 0 Å². The lowest BCUT2D eigenvalue weighted by molar-refractivity contribution is -0.147. The maximum Gasteiger partial charge on any atom is 0.308 e. The monoisotopic (exact) mass is 296 g/mol. The summed E-state index contributed by atoms with van der Waals surface area (Å²) in [5.41, 5.74) is 0.469. The highest BCUT2D eigenvalue weighted by Gasteiger charge is 2.23. The summed E-state index contributed by atoms with van der Waals surface area (Å²) in [6, 6.07) is 4.96. The number of benzene rings is 1. The van der Waals surface area contributed by atoms with Crippen LogP contribution in [0.4, 0.5) is 0 Å². The van der Waals surface area contributed by atoms with Crippen molar-refractivity contribution in [1.29, 1.82) is 0 Å². The molecule has 1 aliphatic heterocycles. The molecule has 2 N–H and O–H groups in total. The first-order chi connectivity index (χ1) is 10.1. The molecular formula is C15H20O6. The van der Waals surface area contributed by atoms with Crippen molar-refractivity contribution in [3.63, 3.8) is 0 Å². The summed E-state index contributed by atoms with van der Waals surface area (Å²) in [5, 5.41) is 20.0. The fraction of sp³-hybridized carbons (Fsp3) is 0.533. The Morgan fingerprint density at radius 3 is 2.71 bits per heavy atom. The van der Waals surface area contributed by atoms with E-state index in [4.69, 9.17) is 14.2 Å². The zero-order chi connectivity index (χ0) is 15.2. The summed E-state index contributed by atoms with van der Waals surface area (Å²) in [6.45, 7) is 3.05. The largest absolute Gasteiger partial charge is 0.490 e. The van der Waals surface area contributed by atoms with Crippen molar-refractivity contribution in [3.8, 4) is 11.5 Å². The highest BCUT2D eigenvalue weighted by atomic mass is 16.5. The van der Waals surface area contributed by atoms with Gasteiger partial charge in [-0.05, 0) is 24.6 Å². The van der Waals surface area contributed by atoms with Gasteiger partial charge in [0.2, 0.25) is 0 Å². The summed E-state index contributed by atoms with van der Waals surface area (Å²) in [4.78, 5) is 11.3. The smallest absolute Gasteiger partial charge is 0.308 e. The van der Waals surface area contributed by atoms with Crippen LogP contribution in [-0.2, 0) is 9.53 Å². The molecule has 0 bridgehead atoms. The van der Waals surface area contributed by atoms with E-state index >= 15 is 0 Å². The molecule has 0 amide bonds. The fourth-order valence-electron chi connectivity index (χ4n) is 2.09. The summed E-state index contributed by atoms with van der Waals surface area (Å²) < 4.78 is 15.8. The Morgan fingerprint density at radius 1 is 1.29 bits per heavy atom.